The molecule has 0 aliphatic heterocycles. The molecule has 4 rings (SSSR count). The summed E-state index contributed by atoms with van der Waals surface area (Å²) in [5.41, 5.74) is 1.93. The van der Waals surface area contributed by atoms with Gasteiger partial charge in [0.05, 0.1) is 17.1 Å². The highest BCUT2D eigenvalue weighted by Gasteiger charge is 2.23. The maximum absolute atomic E-state index is 12.4. The van der Waals surface area contributed by atoms with Gasteiger partial charge in [-0.05, 0) is 31.9 Å². The van der Waals surface area contributed by atoms with Crippen molar-refractivity contribution in [2.24, 2.45) is 0 Å². The largest absolute Gasteiger partial charge is 0.346 e. The van der Waals surface area contributed by atoms with E-state index in [1.54, 1.807) is 6.33 Å². The number of carbonyl (C=O) groups excluding carboxylic acids is 1. The first kappa shape index (κ1) is 16.8. The highest BCUT2D eigenvalue weighted by atomic mass is 16.1. The number of nitrogens with one attached hydrogen (secondary N) is 2. The van der Waals surface area contributed by atoms with Gasteiger partial charge in [0.15, 0.2) is 5.82 Å². The second kappa shape index (κ2) is 7.27. The Morgan fingerprint density at radius 3 is 2.96 bits per heavy atom. The van der Waals surface area contributed by atoms with Crippen LogP contribution in [-0.4, -0.2) is 30.6 Å². The molecule has 136 valence electrons. The van der Waals surface area contributed by atoms with Crippen LogP contribution in [-0.2, 0) is 11.2 Å². The SMILES string of the molecule is C[C@@H](NC(=O)CCc1nc2ccccc2[nH]1)c1nncn1C1CCCC1. The third-order valence-corrected chi connectivity index (χ3v) is 5.11. The summed E-state index contributed by atoms with van der Waals surface area (Å²) in [6, 6.07) is 8.20. The average Bonchev–Trinajstić information content (AvgIpc) is 3.38. The van der Waals surface area contributed by atoms with E-state index in [0.29, 0.717) is 18.9 Å². The van der Waals surface area contributed by atoms with Crippen LogP contribution in [0.5, 0.6) is 0 Å². The number of H-pyrrole nitrogens is 1. The van der Waals surface area contributed by atoms with Crippen molar-refractivity contribution >= 4 is 16.9 Å². The van der Waals surface area contributed by atoms with Crippen molar-refractivity contribution in [1.82, 2.24) is 30.0 Å². The summed E-state index contributed by atoms with van der Waals surface area (Å²) in [4.78, 5) is 20.1. The lowest BCUT2D eigenvalue weighted by molar-refractivity contribution is -0.121. The number of fused-ring (bicyclic) bond motifs is 1. The molecule has 0 radical (unpaired) electrons. The quantitative estimate of drug-likeness (QED) is 0.713. The zero-order valence-corrected chi connectivity index (χ0v) is 15.0. The van der Waals surface area contributed by atoms with E-state index in [2.05, 4.69) is 30.0 Å². The first-order valence-corrected chi connectivity index (χ1v) is 9.33. The first-order chi connectivity index (χ1) is 12.7. The second-order valence-electron chi connectivity index (χ2n) is 7.02. The van der Waals surface area contributed by atoms with Crippen molar-refractivity contribution in [3.05, 3.63) is 42.2 Å². The van der Waals surface area contributed by atoms with E-state index in [4.69, 9.17) is 0 Å². The number of aromatic amines is 1. The number of rotatable bonds is 6. The smallest absolute Gasteiger partial charge is 0.221 e. The number of benzene rings is 1. The van der Waals surface area contributed by atoms with Crippen LogP contribution in [0.15, 0.2) is 30.6 Å². The molecule has 26 heavy (non-hydrogen) atoms. The Morgan fingerprint density at radius 1 is 1.35 bits per heavy atom. The molecular weight excluding hydrogens is 328 g/mol. The summed E-state index contributed by atoms with van der Waals surface area (Å²) in [7, 11) is 0. The fourth-order valence-corrected chi connectivity index (χ4v) is 3.76. The van der Waals surface area contributed by atoms with Crippen molar-refractivity contribution in [3.8, 4) is 0 Å². The predicted octanol–water partition coefficient (Wildman–Crippen LogP) is 3.08. The van der Waals surface area contributed by atoms with Crippen LogP contribution in [0.4, 0.5) is 0 Å². The minimum Gasteiger partial charge on any atom is -0.346 e. The normalized spacial score (nSPS) is 16.2. The molecule has 2 heterocycles. The van der Waals surface area contributed by atoms with Gasteiger partial charge < -0.3 is 14.9 Å². The minimum absolute atomic E-state index is 0.000993. The molecule has 1 aromatic carbocycles. The van der Waals surface area contributed by atoms with Crippen molar-refractivity contribution < 1.29 is 4.79 Å². The van der Waals surface area contributed by atoms with Gasteiger partial charge in [-0.2, -0.15) is 0 Å². The van der Waals surface area contributed by atoms with E-state index < -0.39 is 0 Å². The lowest BCUT2D eigenvalue weighted by Gasteiger charge is -2.18. The Balaban J connectivity index is 1.35. The topological polar surface area (TPSA) is 88.5 Å². The molecule has 7 heteroatoms. The molecule has 0 spiro atoms. The number of hydrogen-bond acceptors (Lipinski definition) is 4. The van der Waals surface area contributed by atoms with Crippen molar-refractivity contribution in [2.75, 3.05) is 0 Å². The van der Waals surface area contributed by atoms with Crippen molar-refractivity contribution in [3.63, 3.8) is 0 Å². The van der Waals surface area contributed by atoms with Gasteiger partial charge in [0.2, 0.25) is 5.91 Å². The van der Waals surface area contributed by atoms with Gasteiger partial charge in [0.1, 0.15) is 12.2 Å². The van der Waals surface area contributed by atoms with Crippen molar-refractivity contribution in [2.45, 2.75) is 57.5 Å². The number of para-hydroxylation sites is 2. The van der Waals surface area contributed by atoms with Crippen LogP contribution < -0.4 is 5.32 Å². The Hall–Kier alpha value is -2.70. The minimum atomic E-state index is -0.152. The number of aromatic nitrogens is 5. The molecule has 0 bridgehead atoms. The van der Waals surface area contributed by atoms with E-state index >= 15 is 0 Å². The Labute approximate surface area is 152 Å². The molecule has 2 N–H and O–H groups in total. The van der Waals surface area contributed by atoms with Gasteiger partial charge in [0, 0.05) is 18.9 Å². The summed E-state index contributed by atoms with van der Waals surface area (Å²) in [5.74, 6) is 1.68. The van der Waals surface area contributed by atoms with Crippen molar-refractivity contribution in [1.29, 1.82) is 0 Å². The number of hydrogen-bond donors (Lipinski definition) is 2. The van der Waals surface area contributed by atoms with Gasteiger partial charge in [-0.3, -0.25) is 4.79 Å². The number of imidazole rings is 1. The molecule has 1 amide bonds. The van der Waals surface area contributed by atoms with E-state index in [9.17, 15) is 4.79 Å². The monoisotopic (exact) mass is 352 g/mol. The fourth-order valence-electron chi connectivity index (χ4n) is 3.76. The Kier molecular flexibility index (Phi) is 4.69. The molecule has 1 aliphatic rings. The summed E-state index contributed by atoms with van der Waals surface area (Å²) in [6.45, 7) is 1.97. The highest BCUT2D eigenvalue weighted by Crippen LogP contribution is 2.31. The zero-order valence-electron chi connectivity index (χ0n) is 15.0. The van der Waals surface area contributed by atoms with Crippen LogP contribution >= 0.6 is 0 Å². The van der Waals surface area contributed by atoms with Gasteiger partial charge >= 0.3 is 0 Å². The molecular formula is C19H24N6O. The molecule has 1 atom stereocenters. The third-order valence-electron chi connectivity index (χ3n) is 5.11. The summed E-state index contributed by atoms with van der Waals surface area (Å²) < 4.78 is 2.14. The summed E-state index contributed by atoms with van der Waals surface area (Å²) in [6.07, 6.45) is 7.60. The van der Waals surface area contributed by atoms with Crippen LogP contribution in [0.2, 0.25) is 0 Å². The number of aryl methyl sites for hydroxylation is 1. The maximum atomic E-state index is 12.4. The maximum Gasteiger partial charge on any atom is 0.221 e. The van der Waals surface area contributed by atoms with Gasteiger partial charge in [-0.1, -0.05) is 25.0 Å². The van der Waals surface area contributed by atoms with Crippen LogP contribution in [0.1, 0.15) is 62.8 Å². The van der Waals surface area contributed by atoms with E-state index in [-0.39, 0.29) is 11.9 Å². The standard InChI is InChI=1S/C19H24N6O/c1-13(19-24-20-12-25(19)14-6-2-3-7-14)21-18(26)11-10-17-22-15-8-4-5-9-16(15)23-17/h4-5,8-9,12-14H,2-3,6-7,10-11H2,1H3,(H,21,26)(H,22,23)/t13-/m1/s1. The number of carbonyl (C=O) groups is 1. The molecule has 0 saturated heterocycles. The number of nitrogens with zero attached hydrogens (tertiary/aromatic N) is 4. The van der Waals surface area contributed by atoms with Gasteiger partial charge in [0.25, 0.3) is 0 Å². The van der Waals surface area contributed by atoms with Crippen LogP contribution in [0, 0.1) is 0 Å². The Bertz CT molecular complexity index is 859. The van der Waals surface area contributed by atoms with Gasteiger partial charge in [-0.25, -0.2) is 4.98 Å². The molecule has 3 aromatic rings. The third kappa shape index (κ3) is 3.47. The second-order valence-corrected chi connectivity index (χ2v) is 7.02. The van der Waals surface area contributed by atoms with Crippen LogP contribution in [0.25, 0.3) is 11.0 Å². The van der Waals surface area contributed by atoms with Crippen LogP contribution in [0.3, 0.4) is 0 Å². The summed E-state index contributed by atoms with van der Waals surface area (Å²) in [5, 5.41) is 11.3. The lowest BCUT2D eigenvalue weighted by atomic mass is 10.2. The van der Waals surface area contributed by atoms with E-state index in [1.807, 2.05) is 31.2 Å². The number of amides is 1. The van der Waals surface area contributed by atoms with E-state index in [1.165, 1.54) is 12.8 Å². The highest BCUT2D eigenvalue weighted by molar-refractivity contribution is 5.77. The predicted molar refractivity (Wildman–Crippen MR) is 98.5 cm³/mol. The fraction of sp³-hybridized carbons (Fsp3) is 0.474. The molecule has 1 fully saturated rings. The summed E-state index contributed by atoms with van der Waals surface area (Å²) >= 11 is 0. The van der Waals surface area contributed by atoms with E-state index in [0.717, 1.165) is 35.5 Å². The molecule has 7 nitrogen and oxygen atoms in total. The molecule has 1 saturated carbocycles. The molecule has 1 aliphatic carbocycles. The zero-order chi connectivity index (χ0) is 17.9. The first-order valence-electron chi connectivity index (χ1n) is 9.33. The van der Waals surface area contributed by atoms with Gasteiger partial charge in [-0.15, -0.1) is 10.2 Å². The average molecular weight is 352 g/mol. The Morgan fingerprint density at radius 2 is 2.15 bits per heavy atom. The molecule has 0 unspecified atom stereocenters. The lowest BCUT2D eigenvalue weighted by Crippen LogP contribution is -2.29. The molecule has 2 aromatic heterocycles.